The minimum Gasteiger partial charge on any atom is -0.473 e. The number of carbonyl (C=O) groups is 2. The Bertz CT molecular complexity index is 730. The Balaban J connectivity index is 0.000000409. The summed E-state index contributed by atoms with van der Waals surface area (Å²) in [7, 11) is 0. The third-order valence-electron chi connectivity index (χ3n) is 4.61. The predicted octanol–water partition coefficient (Wildman–Crippen LogP) is 2.12. The normalized spacial score (nSPS) is 14.8. The molecule has 3 rings (SSSR count). The number of carboxylic acid groups (broad SMARTS) is 2. The van der Waals surface area contributed by atoms with Gasteiger partial charge in [-0.2, -0.15) is 0 Å². The van der Waals surface area contributed by atoms with Crippen molar-refractivity contribution in [3.05, 3.63) is 65.5 Å². The second-order valence-electron chi connectivity index (χ2n) is 6.69. The highest BCUT2D eigenvalue weighted by molar-refractivity contribution is 6.27. The number of rotatable bonds is 5. The van der Waals surface area contributed by atoms with Gasteiger partial charge in [-0.3, -0.25) is 14.8 Å². The second-order valence-corrected chi connectivity index (χ2v) is 6.69. The molecule has 0 atom stereocenters. The van der Waals surface area contributed by atoms with Gasteiger partial charge in [0, 0.05) is 51.7 Å². The number of aromatic nitrogens is 1. The molecule has 7 heteroatoms. The monoisotopic (exact) mass is 385 g/mol. The molecular weight excluding hydrogens is 358 g/mol. The molecule has 1 aliphatic heterocycles. The highest BCUT2D eigenvalue weighted by atomic mass is 16.4. The van der Waals surface area contributed by atoms with E-state index in [0.29, 0.717) is 0 Å². The van der Waals surface area contributed by atoms with Crippen molar-refractivity contribution in [2.45, 2.75) is 26.4 Å². The number of carboxylic acids is 2. The number of hydrogen-bond acceptors (Lipinski definition) is 5. The molecule has 2 heterocycles. The van der Waals surface area contributed by atoms with E-state index in [9.17, 15) is 0 Å². The molecule has 0 saturated carbocycles. The van der Waals surface area contributed by atoms with Crippen LogP contribution >= 0.6 is 0 Å². The van der Waals surface area contributed by atoms with Crippen molar-refractivity contribution in [1.29, 1.82) is 0 Å². The fourth-order valence-electron chi connectivity index (χ4n) is 2.99. The molecule has 0 bridgehead atoms. The summed E-state index contributed by atoms with van der Waals surface area (Å²) >= 11 is 0. The van der Waals surface area contributed by atoms with E-state index in [0.717, 1.165) is 45.7 Å². The Labute approximate surface area is 165 Å². The molecule has 0 spiro atoms. The number of pyridine rings is 1. The van der Waals surface area contributed by atoms with Crippen LogP contribution in [0.5, 0.6) is 0 Å². The molecule has 1 fully saturated rings. The van der Waals surface area contributed by atoms with Crippen molar-refractivity contribution in [2.75, 3.05) is 26.2 Å². The Hall–Kier alpha value is -2.77. The number of nitrogens with zero attached hydrogens (tertiary/aromatic N) is 3. The number of aryl methyl sites for hydroxylation is 1. The zero-order chi connectivity index (χ0) is 20.4. The van der Waals surface area contributed by atoms with Crippen LogP contribution in [-0.4, -0.2) is 63.1 Å². The van der Waals surface area contributed by atoms with Crippen molar-refractivity contribution in [2.24, 2.45) is 0 Å². The van der Waals surface area contributed by atoms with E-state index in [1.54, 1.807) is 0 Å². The molecule has 2 aromatic rings. The van der Waals surface area contributed by atoms with Gasteiger partial charge in [0.05, 0.1) is 0 Å². The van der Waals surface area contributed by atoms with Gasteiger partial charge in [-0.15, -0.1) is 0 Å². The average molecular weight is 385 g/mol. The van der Waals surface area contributed by atoms with E-state index in [2.05, 4.69) is 52.0 Å². The van der Waals surface area contributed by atoms with Gasteiger partial charge < -0.3 is 10.2 Å². The van der Waals surface area contributed by atoms with Gasteiger partial charge in [0.15, 0.2) is 0 Å². The molecule has 0 radical (unpaired) electrons. The van der Waals surface area contributed by atoms with Gasteiger partial charge in [0.1, 0.15) is 0 Å². The molecule has 0 unspecified atom stereocenters. The molecule has 1 saturated heterocycles. The fraction of sp³-hybridized carbons (Fsp3) is 0.381. The van der Waals surface area contributed by atoms with Crippen LogP contribution in [0.3, 0.4) is 0 Å². The lowest BCUT2D eigenvalue weighted by Gasteiger charge is -2.34. The van der Waals surface area contributed by atoms with E-state index in [1.807, 2.05) is 18.5 Å². The lowest BCUT2D eigenvalue weighted by Crippen LogP contribution is -2.45. The van der Waals surface area contributed by atoms with Crippen molar-refractivity contribution in [3.8, 4) is 0 Å². The Morgan fingerprint density at radius 2 is 1.36 bits per heavy atom. The van der Waals surface area contributed by atoms with Gasteiger partial charge in [-0.05, 0) is 29.2 Å². The minimum absolute atomic E-state index is 1.02. The van der Waals surface area contributed by atoms with E-state index in [1.165, 1.54) is 16.7 Å². The van der Waals surface area contributed by atoms with Gasteiger partial charge in [-0.25, -0.2) is 9.59 Å². The minimum atomic E-state index is -1.82. The zero-order valence-corrected chi connectivity index (χ0v) is 16.1. The molecule has 1 aromatic heterocycles. The number of benzene rings is 1. The number of hydrogen-bond donors (Lipinski definition) is 2. The lowest BCUT2D eigenvalue weighted by atomic mass is 10.1. The summed E-state index contributed by atoms with van der Waals surface area (Å²) in [6.07, 6.45) is 4.93. The van der Waals surface area contributed by atoms with E-state index >= 15 is 0 Å². The van der Waals surface area contributed by atoms with Gasteiger partial charge in [-0.1, -0.05) is 37.3 Å². The fourth-order valence-corrected chi connectivity index (χ4v) is 2.99. The quantitative estimate of drug-likeness (QED) is 0.762. The van der Waals surface area contributed by atoms with Crippen LogP contribution in [0.15, 0.2) is 48.8 Å². The molecule has 28 heavy (non-hydrogen) atoms. The molecule has 7 nitrogen and oxygen atoms in total. The second kappa shape index (κ2) is 11.2. The Morgan fingerprint density at radius 3 is 1.79 bits per heavy atom. The first-order chi connectivity index (χ1) is 13.5. The number of aliphatic carboxylic acids is 2. The first kappa shape index (κ1) is 21.5. The van der Waals surface area contributed by atoms with Crippen molar-refractivity contribution in [3.63, 3.8) is 0 Å². The molecule has 1 aromatic carbocycles. The maximum absolute atomic E-state index is 9.10. The molecule has 150 valence electrons. The van der Waals surface area contributed by atoms with Gasteiger partial charge >= 0.3 is 11.9 Å². The summed E-state index contributed by atoms with van der Waals surface area (Å²) in [6, 6.07) is 13.3. The molecule has 0 amide bonds. The van der Waals surface area contributed by atoms with Crippen LogP contribution in [0.2, 0.25) is 0 Å². The zero-order valence-electron chi connectivity index (χ0n) is 16.1. The third kappa shape index (κ3) is 7.46. The lowest BCUT2D eigenvalue weighted by molar-refractivity contribution is -0.159. The summed E-state index contributed by atoms with van der Waals surface area (Å²) in [5.41, 5.74) is 4.16. The van der Waals surface area contributed by atoms with Crippen LogP contribution < -0.4 is 0 Å². The van der Waals surface area contributed by atoms with Crippen LogP contribution in [0.25, 0.3) is 0 Å². The summed E-state index contributed by atoms with van der Waals surface area (Å²) in [5.74, 6) is -3.65. The van der Waals surface area contributed by atoms with Crippen molar-refractivity contribution >= 4 is 11.9 Å². The summed E-state index contributed by atoms with van der Waals surface area (Å²) in [5, 5.41) is 14.8. The Morgan fingerprint density at radius 1 is 0.857 bits per heavy atom. The van der Waals surface area contributed by atoms with Crippen LogP contribution in [0.4, 0.5) is 0 Å². The molecule has 0 aliphatic carbocycles. The van der Waals surface area contributed by atoms with E-state index in [4.69, 9.17) is 19.8 Å². The third-order valence-corrected chi connectivity index (χ3v) is 4.61. The number of piperazine rings is 1. The standard InChI is InChI=1S/C19H25N3.C2H2O4/c1-2-17-5-7-18(8-6-17)15-21-10-12-22(13-11-21)16-19-4-3-9-20-14-19;3-1(4)2(5)6/h3-9,14H,2,10-13,15-16H2,1H3;(H,3,4)(H,5,6). The topological polar surface area (TPSA) is 94.0 Å². The molecule has 1 aliphatic rings. The molecule has 2 N–H and O–H groups in total. The Kier molecular flexibility index (Phi) is 8.58. The van der Waals surface area contributed by atoms with E-state index < -0.39 is 11.9 Å². The highest BCUT2D eigenvalue weighted by Crippen LogP contribution is 2.12. The van der Waals surface area contributed by atoms with Crippen molar-refractivity contribution in [1.82, 2.24) is 14.8 Å². The summed E-state index contributed by atoms with van der Waals surface area (Å²) in [6.45, 7) is 8.88. The maximum Gasteiger partial charge on any atom is 0.414 e. The average Bonchev–Trinajstić information content (AvgIpc) is 2.71. The highest BCUT2D eigenvalue weighted by Gasteiger charge is 2.17. The van der Waals surface area contributed by atoms with Gasteiger partial charge in [0.2, 0.25) is 0 Å². The summed E-state index contributed by atoms with van der Waals surface area (Å²) in [4.78, 5) is 27.5. The SMILES string of the molecule is CCc1ccc(CN2CCN(Cc3cccnc3)CC2)cc1.O=C(O)C(=O)O. The largest absolute Gasteiger partial charge is 0.473 e. The summed E-state index contributed by atoms with van der Waals surface area (Å²) < 4.78 is 0. The maximum atomic E-state index is 9.10. The molecular formula is C21H27N3O4. The van der Waals surface area contributed by atoms with Gasteiger partial charge in [0.25, 0.3) is 0 Å². The van der Waals surface area contributed by atoms with E-state index in [-0.39, 0.29) is 0 Å². The smallest absolute Gasteiger partial charge is 0.414 e. The van der Waals surface area contributed by atoms with Crippen LogP contribution in [-0.2, 0) is 29.1 Å². The first-order valence-electron chi connectivity index (χ1n) is 9.35. The van der Waals surface area contributed by atoms with Crippen molar-refractivity contribution < 1.29 is 19.8 Å². The predicted molar refractivity (Wildman–Crippen MR) is 106 cm³/mol. The van der Waals surface area contributed by atoms with Crippen LogP contribution in [0, 0.1) is 0 Å². The first-order valence-corrected chi connectivity index (χ1v) is 9.35. The van der Waals surface area contributed by atoms with Crippen LogP contribution in [0.1, 0.15) is 23.6 Å².